The molecule has 1 atom stereocenters. The van der Waals surface area contributed by atoms with Crippen LogP contribution in [-0.2, 0) is 11.2 Å². The van der Waals surface area contributed by atoms with E-state index < -0.39 is 0 Å². The summed E-state index contributed by atoms with van der Waals surface area (Å²) in [6.07, 6.45) is 2.25. The summed E-state index contributed by atoms with van der Waals surface area (Å²) in [4.78, 5) is 0. The van der Waals surface area contributed by atoms with E-state index in [2.05, 4.69) is 39.8 Å². The van der Waals surface area contributed by atoms with Gasteiger partial charge in [0.05, 0.1) is 12.2 Å². The molecule has 1 aliphatic heterocycles. The van der Waals surface area contributed by atoms with Crippen molar-refractivity contribution in [3.63, 3.8) is 0 Å². The van der Waals surface area contributed by atoms with E-state index in [1.54, 1.807) is 0 Å². The lowest BCUT2D eigenvalue weighted by molar-refractivity contribution is -0.133. The van der Waals surface area contributed by atoms with Crippen LogP contribution in [0.1, 0.15) is 35.6 Å². The molecule has 0 aromatic heterocycles. The van der Waals surface area contributed by atoms with Gasteiger partial charge in [-0.25, -0.2) is 0 Å². The Hall–Kier alpha value is -0.820. The lowest BCUT2D eigenvalue weighted by atomic mass is 9.85. The van der Waals surface area contributed by atoms with Gasteiger partial charge < -0.3 is 4.74 Å². The Morgan fingerprint density at radius 2 is 1.73 bits per heavy atom. The van der Waals surface area contributed by atoms with Crippen molar-refractivity contribution in [3.8, 4) is 0 Å². The Kier molecular flexibility index (Phi) is 2.59. The number of hydrogen-bond acceptors (Lipinski definition) is 1. The third-order valence-corrected chi connectivity index (χ3v) is 3.47. The molecule has 1 aromatic rings. The fourth-order valence-corrected chi connectivity index (χ4v) is 2.45. The Labute approximate surface area is 92.5 Å². The molecule has 0 N–H and O–H groups in total. The molecule has 0 aliphatic carbocycles. The summed E-state index contributed by atoms with van der Waals surface area (Å²) in [5, 5.41) is 0. The van der Waals surface area contributed by atoms with E-state index in [-0.39, 0.29) is 5.60 Å². The summed E-state index contributed by atoms with van der Waals surface area (Å²) in [5.74, 6) is 0. The molecule has 1 saturated heterocycles. The molecule has 1 fully saturated rings. The minimum Gasteiger partial charge on any atom is -0.375 e. The number of rotatable bonds is 2. The highest BCUT2D eigenvalue weighted by Gasteiger charge is 2.33. The highest BCUT2D eigenvalue weighted by atomic mass is 16.5. The zero-order valence-corrected chi connectivity index (χ0v) is 10.2. The molecule has 0 radical (unpaired) electrons. The van der Waals surface area contributed by atoms with Gasteiger partial charge in [0.15, 0.2) is 0 Å². The first-order valence-electron chi connectivity index (χ1n) is 5.71. The Morgan fingerprint density at radius 1 is 1.20 bits per heavy atom. The minimum atomic E-state index is 0.102. The lowest BCUT2D eigenvalue weighted by Gasteiger charge is -2.39. The van der Waals surface area contributed by atoms with E-state index in [1.165, 1.54) is 28.7 Å². The predicted octanol–water partition coefficient (Wildman–Crippen LogP) is 3.33. The molecule has 0 bridgehead atoms. The molecule has 1 aromatic carbocycles. The first-order valence-corrected chi connectivity index (χ1v) is 5.71. The van der Waals surface area contributed by atoms with Gasteiger partial charge in [0, 0.05) is 6.42 Å². The lowest BCUT2D eigenvalue weighted by Crippen LogP contribution is -2.42. The standard InChI is InChI=1S/C14H20O/c1-10-7-11(2)13(12(3)8-10)9-14(4)5-6-15-14/h7-8H,5-6,9H2,1-4H3. The average molecular weight is 204 g/mol. The van der Waals surface area contributed by atoms with Crippen LogP contribution < -0.4 is 0 Å². The largest absolute Gasteiger partial charge is 0.375 e. The van der Waals surface area contributed by atoms with E-state index in [0.717, 1.165) is 13.0 Å². The van der Waals surface area contributed by atoms with Gasteiger partial charge in [-0.1, -0.05) is 17.7 Å². The fourth-order valence-electron chi connectivity index (χ4n) is 2.45. The highest BCUT2D eigenvalue weighted by molar-refractivity contribution is 5.38. The van der Waals surface area contributed by atoms with Gasteiger partial charge in [0.2, 0.25) is 0 Å². The van der Waals surface area contributed by atoms with Crippen molar-refractivity contribution in [2.45, 2.75) is 46.1 Å². The van der Waals surface area contributed by atoms with Crippen molar-refractivity contribution in [3.05, 3.63) is 34.4 Å². The molecular formula is C14H20O. The molecule has 1 unspecified atom stereocenters. The van der Waals surface area contributed by atoms with Crippen LogP contribution in [0, 0.1) is 20.8 Å². The summed E-state index contributed by atoms with van der Waals surface area (Å²) in [7, 11) is 0. The molecule has 1 heterocycles. The van der Waals surface area contributed by atoms with Gasteiger partial charge in [-0.3, -0.25) is 0 Å². The summed E-state index contributed by atoms with van der Waals surface area (Å²) < 4.78 is 5.66. The molecule has 0 spiro atoms. The molecule has 0 amide bonds. The number of benzene rings is 1. The second-order valence-corrected chi connectivity index (χ2v) is 5.10. The van der Waals surface area contributed by atoms with Crippen LogP contribution in [0.4, 0.5) is 0 Å². The van der Waals surface area contributed by atoms with Crippen LogP contribution in [0.3, 0.4) is 0 Å². The van der Waals surface area contributed by atoms with Crippen LogP contribution in [-0.4, -0.2) is 12.2 Å². The zero-order valence-electron chi connectivity index (χ0n) is 10.2. The number of ether oxygens (including phenoxy) is 1. The SMILES string of the molecule is Cc1cc(C)c(CC2(C)CCO2)c(C)c1. The van der Waals surface area contributed by atoms with Gasteiger partial charge in [0.1, 0.15) is 0 Å². The maximum atomic E-state index is 5.66. The molecule has 1 aliphatic rings. The minimum absolute atomic E-state index is 0.102. The van der Waals surface area contributed by atoms with Crippen LogP contribution in [0.2, 0.25) is 0 Å². The van der Waals surface area contributed by atoms with E-state index >= 15 is 0 Å². The molecule has 1 nitrogen and oxygen atoms in total. The summed E-state index contributed by atoms with van der Waals surface area (Å²) in [5.41, 5.74) is 5.75. The van der Waals surface area contributed by atoms with Crippen LogP contribution in [0.5, 0.6) is 0 Å². The van der Waals surface area contributed by atoms with Crippen molar-refractivity contribution >= 4 is 0 Å². The predicted molar refractivity (Wildman–Crippen MR) is 63.3 cm³/mol. The fraction of sp³-hybridized carbons (Fsp3) is 0.571. The topological polar surface area (TPSA) is 9.23 Å². The smallest absolute Gasteiger partial charge is 0.0716 e. The average Bonchev–Trinajstić information content (AvgIpc) is 2.08. The first-order chi connectivity index (χ1) is 7.00. The van der Waals surface area contributed by atoms with E-state index in [4.69, 9.17) is 4.74 Å². The molecule has 0 saturated carbocycles. The van der Waals surface area contributed by atoms with Crippen molar-refractivity contribution in [1.29, 1.82) is 0 Å². The van der Waals surface area contributed by atoms with Crippen LogP contribution >= 0.6 is 0 Å². The normalized spacial score (nSPS) is 25.1. The van der Waals surface area contributed by atoms with Gasteiger partial charge >= 0.3 is 0 Å². The second kappa shape index (κ2) is 3.64. The van der Waals surface area contributed by atoms with Gasteiger partial charge in [-0.05, 0) is 50.8 Å². The van der Waals surface area contributed by atoms with E-state index in [1.807, 2.05) is 0 Å². The third kappa shape index (κ3) is 2.07. The summed E-state index contributed by atoms with van der Waals surface area (Å²) in [6, 6.07) is 4.54. The maximum Gasteiger partial charge on any atom is 0.0716 e. The summed E-state index contributed by atoms with van der Waals surface area (Å²) >= 11 is 0. The van der Waals surface area contributed by atoms with Crippen molar-refractivity contribution in [2.24, 2.45) is 0 Å². The molecular weight excluding hydrogens is 184 g/mol. The highest BCUT2D eigenvalue weighted by Crippen LogP contribution is 2.32. The van der Waals surface area contributed by atoms with Crippen molar-refractivity contribution < 1.29 is 4.74 Å². The van der Waals surface area contributed by atoms with Gasteiger partial charge in [-0.15, -0.1) is 0 Å². The molecule has 1 heteroatoms. The number of hydrogen-bond donors (Lipinski definition) is 0. The van der Waals surface area contributed by atoms with Crippen LogP contribution in [0.25, 0.3) is 0 Å². The van der Waals surface area contributed by atoms with E-state index in [0.29, 0.717) is 0 Å². The molecule has 82 valence electrons. The van der Waals surface area contributed by atoms with Gasteiger partial charge in [0.25, 0.3) is 0 Å². The first kappa shape index (κ1) is 10.7. The number of aryl methyl sites for hydroxylation is 3. The van der Waals surface area contributed by atoms with Crippen molar-refractivity contribution in [2.75, 3.05) is 6.61 Å². The second-order valence-electron chi connectivity index (χ2n) is 5.10. The Bertz CT molecular complexity index is 352. The summed E-state index contributed by atoms with van der Waals surface area (Å²) in [6.45, 7) is 9.72. The quantitative estimate of drug-likeness (QED) is 0.718. The molecule has 15 heavy (non-hydrogen) atoms. The van der Waals surface area contributed by atoms with E-state index in [9.17, 15) is 0 Å². The Morgan fingerprint density at radius 3 is 2.13 bits per heavy atom. The zero-order chi connectivity index (χ0) is 11.1. The van der Waals surface area contributed by atoms with Gasteiger partial charge in [-0.2, -0.15) is 0 Å². The monoisotopic (exact) mass is 204 g/mol. The molecule has 2 rings (SSSR count). The van der Waals surface area contributed by atoms with Crippen molar-refractivity contribution in [1.82, 2.24) is 0 Å². The third-order valence-electron chi connectivity index (χ3n) is 3.47. The van der Waals surface area contributed by atoms with Crippen LogP contribution in [0.15, 0.2) is 12.1 Å². The maximum absolute atomic E-state index is 5.66. The Balaban J connectivity index is 2.28.